The minimum absolute atomic E-state index is 0.0534. The second kappa shape index (κ2) is 3.81. The number of aliphatic carboxylic acids is 1. The summed E-state index contributed by atoms with van der Waals surface area (Å²) < 4.78 is 67.3. The van der Waals surface area contributed by atoms with E-state index in [2.05, 4.69) is 0 Å². The van der Waals surface area contributed by atoms with Gasteiger partial charge in [-0.05, 0) is 18.8 Å². The largest absolute Gasteiger partial charge is 0.481 e. The molecule has 1 aliphatic carbocycles. The van der Waals surface area contributed by atoms with Crippen LogP contribution in [0.1, 0.15) is 26.7 Å². The van der Waals surface area contributed by atoms with Gasteiger partial charge in [0.25, 0.3) is 5.92 Å². The van der Waals surface area contributed by atoms with Crippen molar-refractivity contribution in [2.24, 2.45) is 11.8 Å². The Morgan fingerprint density at radius 2 is 1.82 bits per heavy atom. The minimum atomic E-state index is -4.58. The van der Waals surface area contributed by atoms with Crippen molar-refractivity contribution in [1.82, 2.24) is 0 Å². The number of rotatable bonds is 2. The average Bonchev–Trinajstić information content (AvgIpc) is 2.09. The molecule has 3 atom stereocenters. The monoisotopic (exact) mass is 260 g/mol. The van der Waals surface area contributed by atoms with Gasteiger partial charge < -0.3 is 5.11 Å². The molecular formula is C10H13F5O2. The van der Waals surface area contributed by atoms with Crippen LogP contribution in [0, 0.1) is 11.8 Å². The van der Waals surface area contributed by atoms with Gasteiger partial charge in [-0.2, -0.15) is 0 Å². The number of halogens is 5. The van der Waals surface area contributed by atoms with Gasteiger partial charge >= 0.3 is 11.9 Å². The Kier molecular flexibility index (Phi) is 3.18. The topological polar surface area (TPSA) is 37.3 Å². The molecular weight excluding hydrogens is 247 g/mol. The summed E-state index contributed by atoms with van der Waals surface area (Å²) >= 11 is 0. The summed E-state index contributed by atoms with van der Waals surface area (Å²) in [5.74, 6) is -14.1. The third-order valence-corrected chi connectivity index (χ3v) is 3.23. The van der Waals surface area contributed by atoms with E-state index in [4.69, 9.17) is 5.11 Å². The van der Waals surface area contributed by atoms with E-state index in [9.17, 15) is 26.7 Å². The van der Waals surface area contributed by atoms with Crippen molar-refractivity contribution in [3.63, 3.8) is 0 Å². The predicted octanol–water partition coefficient (Wildman–Crippen LogP) is 3.12. The first-order valence-corrected chi connectivity index (χ1v) is 5.11. The molecule has 0 amide bonds. The first kappa shape index (κ1) is 14.2. The van der Waals surface area contributed by atoms with Crippen LogP contribution in [0.3, 0.4) is 0 Å². The molecule has 0 bridgehead atoms. The van der Waals surface area contributed by atoms with Crippen LogP contribution in [0.5, 0.6) is 0 Å². The third-order valence-electron chi connectivity index (χ3n) is 3.23. The van der Waals surface area contributed by atoms with E-state index in [1.165, 1.54) is 6.92 Å². The van der Waals surface area contributed by atoms with Gasteiger partial charge in [0.05, 0.1) is 0 Å². The highest BCUT2D eigenvalue weighted by molar-refractivity contribution is 5.72. The average molecular weight is 260 g/mol. The first-order chi connectivity index (χ1) is 7.43. The van der Waals surface area contributed by atoms with Crippen molar-refractivity contribution in [3.8, 4) is 0 Å². The van der Waals surface area contributed by atoms with Crippen molar-refractivity contribution in [1.29, 1.82) is 0 Å². The van der Waals surface area contributed by atoms with E-state index in [0.29, 0.717) is 0 Å². The van der Waals surface area contributed by atoms with Crippen molar-refractivity contribution in [3.05, 3.63) is 0 Å². The maximum Gasteiger partial charge on any atom is 0.312 e. The third kappa shape index (κ3) is 1.99. The van der Waals surface area contributed by atoms with Crippen molar-refractivity contribution < 1.29 is 31.9 Å². The maximum absolute atomic E-state index is 14.0. The number of hydrogen-bond acceptors (Lipinski definition) is 1. The van der Waals surface area contributed by atoms with Crippen LogP contribution < -0.4 is 0 Å². The molecule has 1 aliphatic rings. The number of carboxylic acid groups (broad SMARTS) is 1. The van der Waals surface area contributed by atoms with Crippen LogP contribution in [-0.4, -0.2) is 28.6 Å². The van der Waals surface area contributed by atoms with Crippen molar-refractivity contribution in [2.45, 2.75) is 44.2 Å². The highest BCUT2D eigenvalue weighted by atomic mass is 19.3. The quantitative estimate of drug-likeness (QED) is 0.774. The van der Waals surface area contributed by atoms with E-state index in [1.807, 2.05) is 0 Å². The van der Waals surface area contributed by atoms with E-state index < -0.39 is 48.2 Å². The molecule has 0 saturated heterocycles. The molecule has 0 aromatic carbocycles. The van der Waals surface area contributed by atoms with Gasteiger partial charge in [-0.3, -0.25) is 4.79 Å². The summed E-state index contributed by atoms with van der Waals surface area (Å²) in [6, 6.07) is 0. The molecule has 1 fully saturated rings. The fourth-order valence-corrected chi connectivity index (χ4v) is 2.25. The number of carbonyl (C=O) groups is 1. The lowest BCUT2D eigenvalue weighted by molar-refractivity contribution is -0.281. The number of alkyl halides is 5. The van der Waals surface area contributed by atoms with Crippen LogP contribution in [-0.2, 0) is 4.79 Å². The molecule has 0 aliphatic heterocycles. The van der Waals surface area contributed by atoms with Crippen LogP contribution in [0.25, 0.3) is 0 Å². The summed E-state index contributed by atoms with van der Waals surface area (Å²) in [5.41, 5.74) is -4.11. The molecule has 0 heterocycles. The van der Waals surface area contributed by atoms with Gasteiger partial charge in [0.15, 0.2) is 0 Å². The second-order valence-corrected chi connectivity index (χ2v) is 4.75. The fourth-order valence-electron chi connectivity index (χ4n) is 2.25. The summed E-state index contributed by atoms with van der Waals surface area (Å²) in [6.45, 7) is 1.34. The van der Waals surface area contributed by atoms with Gasteiger partial charge in [0.2, 0.25) is 5.67 Å². The van der Waals surface area contributed by atoms with E-state index >= 15 is 0 Å². The smallest absolute Gasteiger partial charge is 0.312 e. The lowest BCUT2D eigenvalue weighted by Gasteiger charge is -2.45. The highest BCUT2D eigenvalue weighted by Crippen LogP contribution is 2.56. The molecule has 3 unspecified atom stereocenters. The maximum atomic E-state index is 14.0. The van der Waals surface area contributed by atoms with Crippen LogP contribution >= 0.6 is 0 Å². The molecule has 0 radical (unpaired) electrons. The zero-order chi connectivity index (χ0) is 13.6. The van der Waals surface area contributed by atoms with Gasteiger partial charge in [-0.15, -0.1) is 0 Å². The van der Waals surface area contributed by atoms with Gasteiger partial charge in [-0.1, -0.05) is 6.92 Å². The molecule has 0 aromatic rings. The Bertz CT molecular complexity index is 325. The van der Waals surface area contributed by atoms with Crippen LogP contribution in [0.4, 0.5) is 22.0 Å². The normalized spacial score (nSPS) is 37.8. The second-order valence-electron chi connectivity index (χ2n) is 4.75. The minimum Gasteiger partial charge on any atom is -0.481 e. The van der Waals surface area contributed by atoms with E-state index in [-0.39, 0.29) is 6.92 Å². The molecule has 0 spiro atoms. The standard InChI is InChI=1S/C10H13F5O2/c1-5-3-6(7(16)17)10(14,15)9(13,4-5)8(2,11)12/h5-6H,3-4H2,1-2H3,(H,16,17). The molecule has 0 aromatic heterocycles. The fraction of sp³-hybridized carbons (Fsp3) is 0.900. The van der Waals surface area contributed by atoms with Crippen LogP contribution in [0.15, 0.2) is 0 Å². The lowest BCUT2D eigenvalue weighted by Crippen LogP contribution is -2.64. The molecule has 100 valence electrons. The SMILES string of the molecule is CC1CC(C(=O)O)C(F)(F)C(F)(C(C)(F)F)C1. The summed E-state index contributed by atoms with van der Waals surface area (Å²) in [6.07, 6.45) is -1.56. The van der Waals surface area contributed by atoms with Gasteiger partial charge in [-0.25, -0.2) is 22.0 Å². The molecule has 2 nitrogen and oxygen atoms in total. The molecule has 7 heteroatoms. The Morgan fingerprint density at radius 3 is 2.18 bits per heavy atom. The Morgan fingerprint density at radius 1 is 1.35 bits per heavy atom. The molecule has 1 N–H and O–H groups in total. The van der Waals surface area contributed by atoms with Crippen molar-refractivity contribution in [2.75, 3.05) is 0 Å². The summed E-state index contributed by atoms with van der Waals surface area (Å²) in [5, 5.41) is 8.60. The highest BCUT2D eigenvalue weighted by Gasteiger charge is 2.73. The van der Waals surface area contributed by atoms with Crippen LogP contribution in [0.2, 0.25) is 0 Å². The zero-order valence-electron chi connectivity index (χ0n) is 9.31. The molecule has 1 rings (SSSR count). The molecule has 1 saturated carbocycles. The van der Waals surface area contributed by atoms with Crippen molar-refractivity contribution >= 4 is 5.97 Å². The Balaban J connectivity index is 3.26. The predicted molar refractivity (Wildman–Crippen MR) is 48.9 cm³/mol. The number of hydrogen-bond donors (Lipinski definition) is 1. The van der Waals surface area contributed by atoms with Gasteiger partial charge in [0.1, 0.15) is 5.92 Å². The summed E-state index contributed by atoms with van der Waals surface area (Å²) in [7, 11) is 0. The van der Waals surface area contributed by atoms with E-state index in [1.54, 1.807) is 0 Å². The lowest BCUT2D eigenvalue weighted by atomic mass is 9.68. The Hall–Kier alpha value is -0.880. The summed E-state index contributed by atoms with van der Waals surface area (Å²) in [4.78, 5) is 10.6. The number of carboxylic acids is 1. The molecule has 17 heavy (non-hydrogen) atoms. The Labute approximate surface area is 94.8 Å². The zero-order valence-corrected chi connectivity index (χ0v) is 9.31. The van der Waals surface area contributed by atoms with Gasteiger partial charge in [0, 0.05) is 6.92 Å². The first-order valence-electron chi connectivity index (χ1n) is 5.11. The van der Waals surface area contributed by atoms with E-state index in [0.717, 1.165) is 0 Å².